The lowest BCUT2D eigenvalue weighted by atomic mass is 10.5. The molecule has 0 aromatic carbocycles. The normalized spacial score (nSPS) is 11.5. The molecule has 6 heteroatoms. The van der Waals surface area contributed by atoms with Gasteiger partial charge in [-0.25, -0.2) is 4.98 Å². The molecule has 0 aliphatic rings. The molecule has 1 aromatic rings. The molecule has 0 radical (unpaired) electrons. The summed E-state index contributed by atoms with van der Waals surface area (Å²) in [5.41, 5.74) is 0. The summed E-state index contributed by atoms with van der Waals surface area (Å²) in [7, 11) is -4.64. The van der Waals surface area contributed by atoms with Crippen molar-refractivity contribution in [3.8, 4) is 0 Å². The molecule has 0 aliphatic heterocycles. The van der Waals surface area contributed by atoms with Crippen LogP contribution in [0.25, 0.3) is 0 Å². The fraction of sp³-hybridized carbons (Fsp3) is 0. The Labute approximate surface area is 68.0 Å². The maximum Gasteiger partial charge on any atom is 0.333 e. The van der Waals surface area contributed by atoms with Crippen molar-refractivity contribution in [1.29, 1.82) is 0 Å². The Morgan fingerprint density at radius 3 is 2.45 bits per heavy atom. The minimum atomic E-state index is -4.64. The van der Waals surface area contributed by atoms with Gasteiger partial charge in [-0.3, -0.25) is 0 Å². The summed E-state index contributed by atoms with van der Waals surface area (Å²) in [5, 5.41) is 0.123. The number of hydrogen-bond acceptors (Lipinski definition) is 3. The van der Waals surface area contributed by atoms with Crippen molar-refractivity contribution in [3.05, 3.63) is 23.5 Å². The van der Waals surface area contributed by atoms with E-state index in [-0.39, 0.29) is 5.15 Å². The smallest absolute Gasteiger partial charge is 0.243 e. The van der Waals surface area contributed by atoms with Gasteiger partial charge in [0.25, 0.3) is 0 Å². The van der Waals surface area contributed by atoms with Crippen LogP contribution in [-0.4, -0.2) is 13.4 Å². The van der Waals surface area contributed by atoms with E-state index in [4.69, 9.17) is 11.6 Å². The lowest BCUT2D eigenvalue weighted by molar-refractivity contribution is 0.551. The fourth-order valence-electron chi connectivity index (χ4n) is 0.506. The van der Waals surface area contributed by atoms with Gasteiger partial charge in [0.1, 0.15) is 10.0 Å². The molecule has 0 fully saturated rings. The van der Waals surface area contributed by atoms with Crippen LogP contribution in [0, 0.1) is 0 Å². The van der Waals surface area contributed by atoms with Gasteiger partial charge in [0.15, 0.2) is 0 Å². The predicted molar refractivity (Wildman–Crippen MR) is 37.5 cm³/mol. The molecule has 0 spiro atoms. The lowest BCUT2D eigenvalue weighted by Crippen LogP contribution is -1.91. The average Bonchev–Trinajstić information content (AvgIpc) is 1.86. The molecule has 0 bridgehead atoms. The van der Waals surface area contributed by atoms with Crippen LogP contribution in [0.1, 0.15) is 0 Å². The van der Waals surface area contributed by atoms with Crippen molar-refractivity contribution in [1.82, 2.24) is 4.98 Å². The van der Waals surface area contributed by atoms with Gasteiger partial charge in [-0.05, 0) is 12.1 Å². The molecule has 0 saturated heterocycles. The van der Waals surface area contributed by atoms with Gasteiger partial charge in [0.05, 0.1) is 0 Å². The van der Waals surface area contributed by atoms with Gasteiger partial charge in [0.2, 0.25) is 0 Å². The zero-order valence-electron chi connectivity index (χ0n) is 5.16. The monoisotopic (exact) mass is 195 g/mol. The molecule has 0 saturated carbocycles. The van der Waals surface area contributed by atoms with Crippen molar-refractivity contribution in [2.75, 3.05) is 0 Å². The second-order valence-corrected chi connectivity index (χ2v) is 3.49. The van der Waals surface area contributed by atoms with Crippen LogP contribution in [0.4, 0.5) is 3.89 Å². The summed E-state index contributed by atoms with van der Waals surface area (Å²) >= 11 is 5.33. The third-order valence-electron chi connectivity index (χ3n) is 0.982. The zero-order valence-corrected chi connectivity index (χ0v) is 6.73. The van der Waals surface area contributed by atoms with Crippen LogP contribution in [-0.2, 0) is 10.2 Å². The zero-order chi connectivity index (χ0) is 8.48. The Kier molecular flexibility index (Phi) is 2.10. The number of hydrogen-bond donors (Lipinski definition) is 0. The molecule has 0 unspecified atom stereocenters. The SMILES string of the molecule is O=S(=O)(F)c1ccc(Cl)nc1. The first-order valence-electron chi connectivity index (χ1n) is 2.56. The Balaban J connectivity index is 3.20. The van der Waals surface area contributed by atoms with Crippen LogP contribution in [0.15, 0.2) is 23.2 Å². The highest BCUT2D eigenvalue weighted by atomic mass is 35.5. The molecule has 1 rings (SSSR count). The van der Waals surface area contributed by atoms with Crippen molar-refractivity contribution >= 4 is 21.8 Å². The molecule has 60 valence electrons. The van der Waals surface area contributed by atoms with Crippen LogP contribution in [0.2, 0.25) is 5.15 Å². The summed E-state index contributed by atoms with van der Waals surface area (Å²) < 4.78 is 32.5. The molecule has 1 heterocycles. The van der Waals surface area contributed by atoms with Crippen LogP contribution >= 0.6 is 11.6 Å². The maximum atomic E-state index is 12.1. The topological polar surface area (TPSA) is 47.0 Å². The third-order valence-corrected chi connectivity index (χ3v) is 2.01. The number of aromatic nitrogens is 1. The van der Waals surface area contributed by atoms with E-state index in [1.165, 1.54) is 6.07 Å². The number of rotatable bonds is 1. The highest BCUT2D eigenvalue weighted by Gasteiger charge is 2.10. The predicted octanol–water partition coefficient (Wildman–Crippen LogP) is 1.39. The van der Waals surface area contributed by atoms with Crippen LogP contribution in [0.5, 0.6) is 0 Å². The molecule has 11 heavy (non-hydrogen) atoms. The van der Waals surface area contributed by atoms with Crippen LogP contribution < -0.4 is 0 Å². The minimum absolute atomic E-state index is 0.123. The highest BCUT2D eigenvalue weighted by Crippen LogP contribution is 2.12. The Hall–Kier alpha value is -0.680. The van der Waals surface area contributed by atoms with Crippen molar-refractivity contribution in [2.45, 2.75) is 4.90 Å². The minimum Gasteiger partial charge on any atom is -0.243 e. The van der Waals surface area contributed by atoms with Crippen molar-refractivity contribution in [3.63, 3.8) is 0 Å². The van der Waals surface area contributed by atoms with E-state index in [2.05, 4.69) is 4.98 Å². The quantitative estimate of drug-likeness (QED) is 0.503. The van der Waals surface area contributed by atoms with Crippen molar-refractivity contribution < 1.29 is 12.3 Å². The van der Waals surface area contributed by atoms with E-state index >= 15 is 0 Å². The molecular weight excluding hydrogens is 193 g/mol. The second kappa shape index (κ2) is 2.75. The van der Waals surface area contributed by atoms with E-state index in [1.807, 2.05) is 0 Å². The standard InChI is InChI=1S/C5H3ClFNO2S/c6-5-2-1-4(3-8-5)11(7,9)10/h1-3H. The highest BCUT2D eigenvalue weighted by molar-refractivity contribution is 7.86. The van der Waals surface area contributed by atoms with E-state index in [1.54, 1.807) is 0 Å². The van der Waals surface area contributed by atoms with Gasteiger partial charge >= 0.3 is 10.2 Å². The summed E-state index contributed by atoms with van der Waals surface area (Å²) in [6, 6.07) is 2.25. The number of pyridine rings is 1. The van der Waals surface area contributed by atoms with Gasteiger partial charge in [-0.1, -0.05) is 11.6 Å². The van der Waals surface area contributed by atoms with Gasteiger partial charge in [-0.2, -0.15) is 8.42 Å². The molecule has 0 atom stereocenters. The molecular formula is C5H3ClFNO2S. The average molecular weight is 196 g/mol. The van der Waals surface area contributed by atoms with E-state index < -0.39 is 15.1 Å². The summed E-state index contributed by atoms with van der Waals surface area (Å²) in [4.78, 5) is 2.91. The lowest BCUT2D eigenvalue weighted by Gasteiger charge is -1.91. The summed E-state index contributed by atoms with van der Waals surface area (Å²) in [5.74, 6) is 0. The molecule has 0 aliphatic carbocycles. The number of nitrogens with zero attached hydrogens (tertiary/aromatic N) is 1. The van der Waals surface area contributed by atoms with Gasteiger partial charge in [0, 0.05) is 6.20 Å². The van der Waals surface area contributed by atoms with E-state index in [0.717, 1.165) is 12.3 Å². The fourth-order valence-corrected chi connectivity index (χ4v) is 1.03. The van der Waals surface area contributed by atoms with Crippen LogP contribution in [0.3, 0.4) is 0 Å². The Morgan fingerprint density at radius 1 is 1.45 bits per heavy atom. The van der Waals surface area contributed by atoms with E-state index in [9.17, 15) is 12.3 Å². The first-order chi connectivity index (χ1) is 5.00. The Bertz CT molecular complexity index is 347. The molecule has 0 amide bonds. The third kappa shape index (κ3) is 2.13. The first-order valence-corrected chi connectivity index (χ1v) is 4.32. The summed E-state index contributed by atoms with van der Waals surface area (Å²) in [6.07, 6.45) is 0.859. The molecule has 3 nitrogen and oxygen atoms in total. The largest absolute Gasteiger partial charge is 0.333 e. The molecule has 0 N–H and O–H groups in total. The molecule has 1 aromatic heterocycles. The van der Waals surface area contributed by atoms with Gasteiger partial charge < -0.3 is 0 Å². The van der Waals surface area contributed by atoms with Gasteiger partial charge in [-0.15, -0.1) is 3.89 Å². The number of halogens is 2. The first kappa shape index (κ1) is 8.42. The van der Waals surface area contributed by atoms with Crippen molar-refractivity contribution in [2.24, 2.45) is 0 Å². The maximum absolute atomic E-state index is 12.1. The van der Waals surface area contributed by atoms with E-state index in [0.29, 0.717) is 0 Å². The summed E-state index contributed by atoms with van der Waals surface area (Å²) in [6.45, 7) is 0. The Morgan fingerprint density at radius 2 is 2.09 bits per heavy atom. The second-order valence-electron chi connectivity index (χ2n) is 1.75.